The van der Waals surface area contributed by atoms with Gasteiger partial charge in [-0.15, -0.1) is 0 Å². The van der Waals surface area contributed by atoms with Gasteiger partial charge in [-0.2, -0.15) is 0 Å². The fourth-order valence-electron chi connectivity index (χ4n) is 2.05. The van der Waals surface area contributed by atoms with Crippen LogP contribution < -0.4 is 0 Å². The molecule has 8 nitrogen and oxygen atoms in total. The Labute approximate surface area is 174 Å². The third kappa shape index (κ3) is 25.9. The lowest BCUT2D eigenvalue weighted by Crippen LogP contribution is -2.20. The lowest BCUT2D eigenvalue weighted by Gasteiger charge is -2.11. The summed E-state index contributed by atoms with van der Waals surface area (Å²) in [5, 5.41) is 0. The average molecular weight is 419 g/mol. The number of carbonyl (C=O) groups excluding carboxylic acids is 4. The second-order valence-corrected chi connectivity index (χ2v) is 6.58. The Kier molecular flexibility index (Phi) is 20.7. The van der Waals surface area contributed by atoms with Crippen molar-refractivity contribution >= 4 is 23.9 Å². The van der Waals surface area contributed by atoms with Crippen molar-refractivity contribution in [3.05, 3.63) is 0 Å². The molecule has 8 heteroatoms. The second kappa shape index (κ2) is 20.6. The third-order valence-corrected chi connectivity index (χ3v) is 3.47. The van der Waals surface area contributed by atoms with Gasteiger partial charge < -0.3 is 18.9 Å². The van der Waals surface area contributed by atoms with Crippen molar-refractivity contribution < 1.29 is 38.1 Å². The van der Waals surface area contributed by atoms with Gasteiger partial charge in [-0.25, -0.2) is 0 Å². The van der Waals surface area contributed by atoms with Gasteiger partial charge in [0.05, 0.1) is 0 Å². The molecular weight excluding hydrogens is 380 g/mol. The molecule has 0 aliphatic rings. The molecule has 0 radical (unpaired) electrons. The highest BCUT2D eigenvalue weighted by atomic mass is 16.6. The van der Waals surface area contributed by atoms with Crippen LogP contribution in [-0.2, 0) is 38.1 Å². The number of hydrogen-bond acceptors (Lipinski definition) is 8. The van der Waals surface area contributed by atoms with Gasteiger partial charge in [0, 0.05) is 26.7 Å². The first-order chi connectivity index (χ1) is 13.7. The Hall–Kier alpha value is -2.12. The molecule has 0 amide bonds. The Morgan fingerprint density at radius 3 is 1.62 bits per heavy atom. The van der Waals surface area contributed by atoms with Gasteiger partial charge in [0.15, 0.2) is 0 Å². The van der Waals surface area contributed by atoms with Crippen molar-refractivity contribution in [3.63, 3.8) is 0 Å². The molecule has 0 aromatic carbocycles. The molecule has 0 aliphatic carbocycles. The molecule has 1 atom stereocenters. The van der Waals surface area contributed by atoms with Gasteiger partial charge in [0.2, 0.25) is 0 Å². The van der Waals surface area contributed by atoms with Crippen LogP contribution in [0.25, 0.3) is 0 Å². The first-order valence-corrected chi connectivity index (χ1v) is 10.3. The van der Waals surface area contributed by atoms with Gasteiger partial charge in [-0.05, 0) is 19.8 Å². The molecule has 170 valence electrons. The summed E-state index contributed by atoms with van der Waals surface area (Å²) in [5.41, 5.74) is 0. The summed E-state index contributed by atoms with van der Waals surface area (Å²) in [6, 6.07) is 0. The van der Waals surface area contributed by atoms with E-state index in [-0.39, 0.29) is 49.8 Å². The van der Waals surface area contributed by atoms with E-state index in [1.807, 2.05) is 0 Å². The Balaban J connectivity index is 0. The van der Waals surface area contributed by atoms with E-state index in [4.69, 9.17) is 14.2 Å². The lowest BCUT2D eigenvalue weighted by atomic mass is 10.2. The highest BCUT2D eigenvalue weighted by molar-refractivity contribution is 5.69. The van der Waals surface area contributed by atoms with Gasteiger partial charge in [0.25, 0.3) is 0 Å². The van der Waals surface area contributed by atoms with Gasteiger partial charge >= 0.3 is 23.9 Å². The number of ether oxygens (including phenoxy) is 4. The minimum absolute atomic E-state index is 0.143. The molecule has 0 fully saturated rings. The van der Waals surface area contributed by atoms with E-state index >= 15 is 0 Å². The summed E-state index contributed by atoms with van der Waals surface area (Å²) in [5.74, 6) is -1.15. The Bertz CT molecular complexity index is 462. The van der Waals surface area contributed by atoms with Crippen molar-refractivity contribution in [1.29, 1.82) is 0 Å². The van der Waals surface area contributed by atoms with Crippen molar-refractivity contribution in [1.82, 2.24) is 0 Å². The van der Waals surface area contributed by atoms with Crippen LogP contribution in [0.4, 0.5) is 0 Å². The summed E-state index contributed by atoms with van der Waals surface area (Å²) in [7, 11) is 0. The van der Waals surface area contributed by atoms with E-state index < -0.39 is 0 Å². The van der Waals surface area contributed by atoms with Crippen molar-refractivity contribution in [3.8, 4) is 0 Å². The normalized spacial score (nSPS) is 10.8. The predicted octanol–water partition coefficient (Wildman–Crippen LogP) is 3.73. The second-order valence-electron chi connectivity index (χ2n) is 6.58. The minimum atomic E-state index is -0.363. The van der Waals surface area contributed by atoms with E-state index in [1.165, 1.54) is 13.8 Å². The number of esters is 4. The van der Waals surface area contributed by atoms with Gasteiger partial charge in [-0.1, -0.05) is 39.5 Å². The number of carbonyl (C=O) groups is 4. The van der Waals surface area contributed by atoms with Crippen LogP contribution in [-0.4, -0.2) is 49.8 Å². The molecule has 29 heavy (non-hydrogen) atoms. The molecule has 0 aromatic rings. The highest BCUT2D eigenvalue weighted by Crippen LogP contribution is 2.02. The monoisotopic (exact) mass is 418 g/mol. The first kappa shape index (κ1) is 29.1. The summed E-state index contributed by atoms with van der Waals surface area (Å²) in [6.07, 6.45) is 6.50. The molecule has 0 saturated carbocycles. The zero-order chi connectivity index (χ0) is 22.5. The fourth-order valence-corrected chi connectivity index (χ4v) is 2.05. The van der Waals surface area contributed by atoms with Gasteiger partial charge in [-0.3, -0.25) is 19.2 Å². The van der Waals surface area contributed by atoms with Crippen LogP contribution in [0.1, 0.15) is 86.0 Å². The molecule has 0 spiro atoms. The minimum Gasteiger partial charge on any atom is -0.462 e. The van der Waals surface area contributed by atoms with E-state index in [2.05, 4.69) is 18.6 Å². The van der Waals surface area contributed by atoms with Crippen LogP contribution in [0.15, 0.2) is 0 Å². The predicted molar refractivity (Wildman–Crippen MR) is 108 cm³/mol. The van der Waals surface area contributed by atoms with Gasteiger partial charge in [0.1, 0.15) is 25.9 Å². The molecule has 1 unspecified atom stereocenters. The van der Waals surface area contributed by atoms with E-state index in [0.717, 1.165) is 38.5 Å². The topological polar surface area (TPSA) is 105 Å². The molecule has 0 aromatic heterocycles. The molecule has 0 saturated heterocycles. The maximum absolute atomic E-state index is 11.1. The zero-order valence-electron chi connectivity index (χ0n) is 18.6. The molecule has 0 rings (SSSR count). The van der Waals surface area contributed by atoms with Crippen LogP contribution in [0.3, 0.4) is 0 Å². The number of hydrogen-bond donors (Lipinski definition) is 0. The van der Waals surface area contributed by atoms with Crippen molar-refractivity contribution in [2.24, 2.45) is 0 Å². The van der Waals surface area contributed by atoms with Crippen LogP contribution >= 0.6 is 0 Å². The maximum Gasteiger partial charge on any atom is 0.305 e. The van der Waals surface area contributed by atoms with E-state index in [0.29, 0.717) is 12.8 Å². The Morgan fingerprint density at radius 2 is 1.17 bits per heavy atom. The number of rotatable bonds is 14. The fraction of sp³-hybridized carbons (Fsp3) is 0.810. The third-order valence-electron chi connectivity index (χ3n) is 3.47. The Morgan fingerprint density at radius 1 is 0.690 bits per heavy atom. The summed E-state index contributed by atoms with van der Waals surface area (Å²) in [6.45, 7) is 8.95. The molecule has 0 N–H and O–H groups in total. The van der Waals surface area contributed by atoms with Crippen LogP contribution in [0, 0.1) is 0 Å². The average Bonchev–Trinajstić information content (AvgIpc) is 2.64. The molecule has 0 aliphatic heterocycles. The standard InChI is InChI=1S/C11H20O4.C10H18O4/c1-4-5-6-7-11(13)14-8-9(2)15-10(3)12;1-3-4-5-6-10(12)14-8-7-13-9(2)11/h9H,4-8H2,1-3H3;3-8H2,1-2H3. The van der Waals surface area contributed by atoms with E-state index in [9.17, 15) is 19.2 Å². The quantitative estimate of drug-likeness (QED) is 0.239. The zero-order valence-corrected chi connectivity index (χ0v) is 18.6. The van der Waals surface area contributed by atoms with E-state index in [1.54, 1.807) is 6.92 Å². The molecule has 0 bridgehead atoms. The molecule has 0 heterocycles. The summed E-state index contributed by atoms with van der Waals surface area (Å²) >= 11 is 0. The van der Waals surface area contributed by atoms with Crippen LogP contribution in [0.5, 0.6) is 0 Å². The van der Waals surface area contributed by atoms with Crippen LogP contribution in [0.2, 0.25) is 0 Å². The maximum atomic E-state index is 11.1. The first-order valence-electron chi connectivity index (χ1n) is 10.3. The SMILES string of the molecule is CCCCCC(=O)OCC(C)OC(C)=O.CCCCCC(=O)OCCOC(C)=O. The lowest BCUT2D eigenvalue weighted by molar-refractivity contribution is -0.156. The smallest absolute Gasteiger partial charge is 0.305 e. The highest BCUT2D eigenvalue weighted by Gasteiger charge is 2.09. The summed E-state index contributed by atoms with van der Waals surface area (Å²) < 4.78 is 19.2. The largest absolute Gasteiger partial charge is 0.462 e. The molecular formula is C21H38O8. The summed E-state index contributed by atoms with van der Waals surface area (Å²) in [4.78, 5) is 43.0. The number of unbranched alkanes of at least 4 members (excludes halogenated alkanes) is 4. The van der Waals surface area contributed by atoms with Crippen molar-refractivity contribution in [2.75, 3.05) is 19.8 Å². The van der Waals surface area contributed by atoms with Crippen molar-refractivity contribution in [2.45, 2.75) is 92.1 Å².